The quantitative estimate of drug-likeness (QED) is 0.554. The molecule has 0 spiro atoms. The molecule has 0 aliphatic heterocycles. The predicted octanol–water partition coefficient (Wildman–Crippen LogP) is 3.92. The number of para-hydroxylation sites is 2. The van der Waals surface area contributed by atoms with E-state index in [1.807, 2.05) is 0 Å². The molecule has 2 aromatic rings. The van der Waals surface area contributed by atoms with Gasteiger partial charge in [0.15, 0.2) is 18.1 Å². The van der Waals surface area contributed by atoms with Crippen molar-refractivity contribution in [3.63, 3.8) is 0 Å². The third-order valence-corrected chi connectivity index (χ3v) is 3.68. The Morgan fingerprint density at radius 3 is 2.41 bits per heavy atom. The maximum Gasteiger partial charge on any atom is 0.418 e. The first-order valence-corrected chi connectivity index (χ1v) is 8.28. The Labute approximate surface area is 164 Å². The Hall–Kier alpha value is -3.49. The first-order chi connectivity index (χ1) is 13.8. The summed E-state index contributed by atoms with van der Waals surface area (Å²) in [5.74, 6) is -0.886. The minimum absolute atomic E-state index is 0.403. The van der Waals surface area contributed by atoms with Crippen molar-refractivity contribution in [2.24, 2.45) is 0 Å². The van der Waals surface area contributed by atoms with Crippen LogP contribution in [-0.2, 0) is 20.5 Å². The lowest BCUT2D eigenvalue weighted by atomic mass is 10.1. The van der Waals surface area contributed by atoms with Gasteiger partial charge in [-0.25, -0.2) is 4.79 Å². The van der Waals surface area contributed by atoms with Crippen LogP contribution in [0.4, 0.5) is 18.9 Å². The van der Waals surface area contributed by atoms with Crippen LogP contribution < -0.4 is 14.8 Å². The molecule has 1 amide bonds. The molecule has 0 aromatic heterocycles. The van der Waals surface area contributed by atoms with E-state index in [9.17, 15) is 22.8 Å². The van der Waals surface area contributed by atoms with Crippen molar-refractivity contribution in [2.75, 3.05) is 26.1 Å². The van der Waals surface area contributed by atoms with Gasteiger partial charge in [-0.15, -0.1) is 0 Å². The van der Waals surface area contributed by atoms with E-state index in [-0.39, 0.29) is 0 Å². The maximum atomic E-state index is 12.9. The maximum absolute atomic E-state index is 12.9. The summed E-state index contributed by atoms with van der Waals surface area (Å²) in [7, 11) is 2.91. The van der Waals surface area contributed by atoms with E-state index < -0.39 is 35.9 Å². The summed E-state index contributed by atoms with van der Waals surface area (Å²) in [6, 6.07) is 9.54. The second-order valence-corrected chi connectivity index (χ2v) is 5.62. The largest absolute Gasteiger partial charge is 0.493 e. The van der Waals surface area contributed by atoms with Crippen molar-refractivity contribution < 1.29 is 37.0 Å². The zero-order valence-corrected chi connectivity index (χ0v) is 15.6. The average Bonchev–Trinajstić information content (AvgIpc) is 2.69. The zero-order chi connectivity index (χ0) is 21.4. The Balaban J connectivity index is 1.97. The van der Waals surface area contributed by atoms with Crippen molar-refractivity contribution >= 4 is 23.6 Å². The van der Waals surface area contributed by atoms with Gasteiger partial charge < -0.3 is 19.5 Å². The number of hydrogen-bond donors (Lipinski definition) is 1. The zero-order valence-electron chi connectivity index (χ0n) is 15.6. The van der Waals surface area contributed by atoms with Crippen molar-refractivity contribution in [3.8, 4) is 11.5 Å². The van der Waals surface area contributed by atoms with Gasteiger partial charge in [-0.05, 0) is 24.3 Å². The normalized spacial score (nSPS) is 11.2. The van der Waals surface area contributed by atoms with E-state index in [1.165, 1.54) is 32.4 Å². The number of anilines is 1. The lowest BCUT2D eigenvalue weighted by Gasteiger charge is -2.13. The predicted molar refractivity (Wildman–Crippen MR) is 99.6 cm³/mol. The highest BCUT2D eigenvalue weighted by atomic mass is 19.4. The molecule has 0 atom stereocenters. The molecule has 0 unspecified atom stereocenters. The third-order valence-electron chi connectivity index (χ3n) is 3.68. The smallest absolute Gasteiger partial charge is 0.418 e. The Kier molecular flexibility index (Phi) is 7.24. The van der Waals surface area contributed by atoms with Crippen molar-refractivity contribution in [3.05, 3.63) is 59.7 Å². The third kappa shape index (κ3) is 6.00. The van der Waals surface area contributed by atoms with Gasteiger partial charge in [0.05, 0.1) is 25.5 Å². The van der Waals surface area contributed by atoms with Crippen molar-refractivity contribution in [1.29, 1.82) is 0 Å². The number of nitrogens with one attached hydrogen (secondary N) is 1. The molecule has 154 valence electrons. The first kappa shape index (κ1) is 21.8. The van der Waals surface area contributed by atoms with Gasteiger partial charge in [-0.3, -0.25) is 4.79 Å². The van der Waals surface area contributed by atoms with Gasteiger partial charge in [0, 0.05) is 11.6 Å². The summed E-state index contributed by atoms with van der Waals surface area (Å²) < 4.78 is 53.9. The number of ether oxygens (including phenoxy) is 3. The number of carbonyl (C=O) groups is 2. The Morgan fingerprint density at radius 1 is 1.03 bits per heavy atom. The van der Waals surface area contributed by atoms with Crippen molar-refractivity contribution in [1.82, 2.24) is 0 Å². The van der Waals surface area contributed by atoms with E-state index in [0.29, 0.717) is 17.1 Å². The summed E-state index contributed by atoms with van der Waals surface area (Å²) >= 11 is 0. The van der Waals surface area contributed by atoms with E-state index >= 15 is 0 Å². The highest BCUT2D eigenvalue weighted by molar-refractivity contribution is 5.95. The van der Waals surface area contributed by atoms with Crippen LogP contribution in [0.25, 0.3) is 6.08 Å². The molecule has 0 saturated carbocycles. The molecule has 0 heterocycles. The lowest BCUT2D eigenvalue weighted by molar-refractivity contribution is -0.142. The van der Waals surface area contributed by atoms with E-state index in [0.717, 1.165) is 18.2 Å². The second-order valence-electron chi connectivity index (χ2n) is 5.62. The minimum Gasteiger partial charge on any atom is -0.493 e. The molecule has 0 bridgehead atoms. The van der Waals surface area contributed by atoms with Crippen molar-refractivity contribution in [2.45, 2.75) is 6.18 Å². The molecule has 0 aliphatic carbocycles. The summed E-state index contributed by atoms with van der Waals surface area (Å²) in [5, 5.41) is 2.08. The molecular weight excluding hydrogens is 391 g/mol. The van der Waals surface area contributed by atoms with Gasteiger partial charge >= 0.3 is 12.1 Å². The number of benzene rings is 2. The van der Waals surface area contributed by atoms with E-state index in [1.54, 1.807) is 18.2 Å². The molecular formula is C20H18F3NO5. The lowest BCUT2D eigenvalue weighted by Crippen LogP contribution is -2.22. The van der Waals surface area contributed by atoms with Crippen LogP contribution in [0.1, 0.15) is 11.1 Å². The number of rotatable bonds is 7. The fourth-order valence-electron chi connectivity index (χ4n) is 2.41. The van der Waals surface area contributed by atoms with Gasteiger partial charge in [-0.2, -0.15) is 13.2 Å². The van der Waals surface area contributed by atoms with Crippen LogP contribution in [0.5, 0.6) is 11.5 Å². The number of hydrogen-bond acceptors (Lipinski definition) is 5. The average molecular weight is 409 g/mol. The number of amides is 1. The van der Waals surface area contributed by atoms with Crippen LogP contribution in [0.2, 0.25) is 0 Å². The highest BCUT2D eigenvalue weighted by Gasteiger charge is 2.33. The van der Waals surface area contributed by atoms with Gasteiger partial charge in [0.1, 0.15) is 0 Å². The van der Waals surface area contributed by atoms with Gasteiger partial charge in [-0.1, -0.05) is 24.3 Å². The van der Waals surface area contributed by atoms with Crippen LogP contribution in [0.15, 0.2) is 48.5 Å². The highest BCUT2D eigenvalue weighted by Crippen LogP contribution is 2.34. The molecule has 6 nitrogen and oxygen atoms in total. The number of halogens is 3. The molecule has 2 rings (SSSR count). The molecule has 0 aliphatic rings. The van der Waals surface area contributed by atoms with Gasteiger partial charge in [0.2, 0.25) is 0 Å². The molecule has 0 fully saturated rings. The van der Waals surface area contributed by atoms with E-state index in [2.05, 4.69) is 5.32 Å². The first-order valence-electron chi connectivity index (χ1n) is 8.28. The Morgan fingerprint density at radius 2 is 1.76 bits per heavy atom. The van der Waals surface area contributed by atoms with Crippen LogP contribution in [0, 0.1) is 0 Å². The molecule has 0 radical (unpaired) electrons. The van der Waals surface area contributed by atoms with Crippen LogP contribution >= 0.6 is 0 Å². The minimum atomic E-state index is -4.63. The summed E-state index contributed by atoms with van der Waals surface area (Å²) in [6.45, 7) is -0.745. The SMILES string of the molecule is COc1cccc(/C=C/C(=O)OCC(=O)Nc2ccccc2C(F)(F)F)c1OC. The number of alkyl halides is 3. The fourth-order valence-corrected chi connectivity index (χ4v) is 2.41. The van der Waals surface area contributed by atoms with Crippen LogP contribution in [0.3, 0.4) is 0 Å². The molecule has 0 saturated heterocycles. The summed E-state index contributed by atoms with van der Waals surface area (Å²) in [6.07, 6.45) is -2.16. The topological polar surface area (TPSA) is 73.9 Å². The monoisotopic (exact) mass is 409 g/mol. The number of esters is 1. The second kappa shape index (κ2) is 9.63. The van der Waals surface area contributed by atoms with E-state index in [4.69, 9.17) is 14.2 Å². The van der Waals surface area contributed by atoms with Crippen LogP contribution in [-0.4, -0.2) is 32.7 Å². The Bertz CT molecular complexity index is 909. The fraction of sp³-hybridized carbons (Fsp3) is 0.200. The standard InChI is InChI=1S/C20H18F3NO5/c1-27-16-9-5-6-13(19(16)28-2)10-11-18(26)29-12-17(25)24-15-8-4-3-7-14(15)20(21,22)23/h3-11H,12H2,1-2H3,(H,24,25)/b11-10+. The molecule has 1 N–H and O–H groups in total. The number of methoxy groups -OCH3 is 2. The molecule has 29 heavy (non-hydrogen) atoms. The molecule has 2 aromatic carbocycles. The molecule has 9 heteroatoms. The summed E-state index contributed by atoms with van der Waals surface area (Å²) in [5.41, 5.74) is -0.880. The summed E-state index contributed by atoms with van der Waals surface area (Å²) in [4.78, 5) is 23.7. The number of carbonyl (C=O) groups excluding carboxylic acids is 2. The van der Waals surface area contributed by atoms with Gasteiger partial charge in [0.25, 0.3) is 5.91 Å².